The fraction of sp³-hybridized carbons (Fsp3) is 1.00. The SMILES string of the molecule is CCC1CCCCC1OC1(CN)CCC(C(C)C)CC1. The monoisotopic (exact) mass is 281 g/mol. The summed E-state index contributed by atoms with van der Waals surface area (Å²) in [5.41, 5.74) is 6.14. The van der Waals surface area contributed by atoms with Crippen LogP contribution in [0.25, 0.3) is 0 Å². The Labute approximate surface area is 125 Å². The Kier molecular flexibility index (Phi) is 5.92. The first-order valence-electron chi connectivity index (χ1n) is 8.98. The summed E-state index contributed by atoms with van der Waals surface area (Å²) in [5.74, 6) is 2.46. The van der Waals surface area contributed by atoms with E-state index in [9.17, 15) is 0 Å². The van der Waals surface area contributed by atoms with Crippen LogP contribution in [0.1, 0.15) is 78.6 Å². The van der Waals surface area contributed by atoms with Gasteiger partial charge in [-0.3, -0.25) is 0 Å². The van der Waals surface area contributed by atoms with Gasteiger partial charge in [0.2, 0.25) is 0 Å². The molecule has 0 bridgehead atoms. The molecule has 2 nitrogen and oxygen atoms in total. The maximum absolute atomic E-state index is 6.68. The standard InChI is InChI=1S/C18H35NO/c1-4-15-7-5-6-8-17(15)20-18(13-19)11-9-16(10-12-18)14(2)3/h14-17H,4-13,19H2,1-3H3. The Hall–Kier alpha value is -0.0800. The molecule has 2 saturated carbocycles. The average Bonchev–Trinajstić information content (AvgIpc) is 2.48. The van der Waals surface area contributed by atoms with Crippen LogP contribution in [0.4, 0.5) is 0 Å². The Balaban J connectivity index is 1.94. The Bertz CT molecular complexity index is 281. The van der Waals surface area contributed by atoms with Crippen molar-refractivity contribution in [3.63, 3.8) is 0 Å². The molecule has 0 aromatic heterocycles. The fourth-order valence-electron chi connectivity index (χ4n) is 4.32. The summed E-state index contributed by atoms with van der Waals surface area (Å²) < 4.78 is 6.68. The third-order valence-corrected chi connectivity index (χ3v) is 6.02. The number of hydrogen-bond acceptors (Lipinski definition) is 2. The average molecular weight is 281 g/mol. The second kappa shape index (κ2) is 7.26. The highest BCUT2D eigenvalue weighted by molar-refractivity contribution is 4.91. The van der Waals surface area contributed by atoms with Crippen molar-refractivity contribution in [1.82, 2.24) is 0 Å². The van der Waals surface area contributed by atoms with Crippen molar-refractivity contribution in [2.45, 2.75) is 90.3 Å². The molecular formula is C18H35NO. The molecule has 20 heavy (non-hydrogen) atoms. The van der Waals surface area contributed by atoms with E-state index in [1.54, 1.807) is 0 Å². The van der Waals surface area contributed by atoms with Gasteiger partial charge in [-0.25, -0.2) is 0 Å². The number of nitrogens with two attached hydrogens (primary N) is 1. The van der Waals surface area contributed by atoms with Crippen LogP contribution in [0, 0.1) is 17.8 Å². The second-order valence-electron chi connectivity index (χ2n) is 7.58. The lowest BCUT2D eigenvalue weighted by molar-refractivity contribution is -0.143. The van der Waals surface area contributed by atoms with Gasteiger partial charge in [-0.2, -0.15) is 0 Å². The van der Waals surface area contributed by atoms with Crippen LogP contribution >= 0.6 is 0 Å². The first kappa shape index (κ1) is 16.3. The molecule has 2 rings (SSSR count). The molecule has 0 amide bonds. The second-order valence-corrected chi connectivity index (χ2v) is 7.58. The van der Waals surface area contributed by atoms with Crippen LogP contribution in [-0.2, 0) is 4.74 Å². The van der Waals surface area contributed by atoms with E-state index in [1.807, 2.05) is 0 Å². The van der Waals surface area contributed by atoms with Crippen LogP contribution in [0.2, 0.25) is 0 Å². The molecule has 0 heterocycles. The van der Waals surface area contributed by atoms with E-state index >= 15 is 0 Å². The summed E-state index contributed by atoms with van der Waals surface area (Å²) in [6.07, 6.45) is 12.1. The highest BCUT2D eigenvalue weighted by Gasteiger charge is 2.39. The van der Waals surface area contributed by atoms with E-state index in [2.05, 4.69) is 20.8 Å². The molecule has 0 radical (unpaired) electrons. The lowest BCUT2D eigenvalue weighted by atomic mass is 9.74. The molecule has 0 saturated heterocycles. The van der Waals surface area contributed by atoms with Gasteiger partial charge in [-0.1, -0.05) is 40.0 Å². The Morgan fingerprint density at radius 1 is 1.10 bits per heavy atom. The lowest BCUT2D eigenvalue weighted by Crippen LogP contribution is -2.48. The Morgan fingerprint density at radius 3 is 2.30 bits per heavy atom. The number of ether oxygens (including phenoxy) is 1. The molecule has 2 heteroatoms. The smallest absolute Gasteiger partial charge is 0.0808 e. The zero-order valence-corrected chi connectivity index (χ0v) is 13.9. The van der Waals surface area contributed by atoms with Gasteiger partial charge >= 0.3 is 0 Å². The van der Waals surface area contributed by atoms with E-state index in [1.165, 1.54) is 57.8 Å². The van der Waals surface area contributed by atoms with E-state index in [0.717, 1.165) is 17.8 Å². The van der Waals surface area contributed by atoms with Gasteiger partial charge in [0.25, 0.3) is 0 Å². The highest BCUT2D eigenvalue weighted by atomic mass is 16.5. The summed E-state index contributed by atoms with van der Waals surface area (Å²) >= 11 is 0. The minimum atomic E-state index is 0.000810. The molecule has 0 aliphatic heterocycles. The molecule has 0 aromatic rings. The molecule has 118 valence electrons. The third-order valence-electron chi connectivity index (χ3n) is 6.02. The maximum atomic E-state index is 6.68. The predicted molar refractivity (Wildman–Crippen MR) is 85.7 cm³/mol. The minimum Gasteiger partial charge on any atom is -0.370 e. The zero-order chi connectivity index (χ0) is 14.6. The van der Waals surface area contributed by atoms with Crippen molar-refractivity contribution in [3.8, 4) is 0 Å². The predicted octanol–water partition coefficient (Wildman–Crippen LogP) is 4.52. The minimum absolute atomic E-state index is 0.000810. The van der Waals surface area contributed by atoms with Crippen molar-refractivity contribution < 1.29 is 4.74 Å². The normalized spacial score (nSPS) is 39.1. The van der Waals surface area contributed by atoms with E-state index in [4.69, 9.17) is 10.5 Å². The van der Waals surface area contributed by atoms with Crippen LogP contribution in [0.15, 0.2) is 0 Å². The van der Waals surface area contributed by atoms with E-state index in [0.29, 0.717) is 12.6 Å². The van der Waals surface area contributed by atoms with Crippen molar-refractivity contribution in [1.29, 1.82) is 0 Å². The largest absolute Gasteiger partial charge is 0.370 e. The quantitative estimate of drug-likeness (QED) is 0.804. The molecule has 2 N–H and O–H groups in total. The molecule has 0 spiro atoms. The summed E-state index contributed by atoms with van der Waals surface area (Å²) in [6.45, 7) is 7.74. The van der Waals surface area contributed by atoms with Gasteiger partial charge in [-0.05, 0) is 56.3 Å². The summed E-state index contributed by atoms with van der Waals surface area (Å²) in [4.78, 5) is 0. The topological polar surface area (TPSA) is 35.2 Å². The first-order valence-corrected chi connectivity index (χ1v) is 8.98. The zero-order valence-electron chi connectivity index (χ0n) is 13.9. The molecule has 2 unspecified atom stereocenters. The van der Waals surface area contributed by atoms with Gasteiger partial charge in [0.15, 0.2) is 0 Å². The lowest BCUT2D eigenvalue weighted by Gasteiger charge is -2.45. The van der Waals surface area contributed by atoms with Crippen LogP contribution in [0.5, 0.6) is 0 Å². The molecule has 2 aliphatic rings. The summed E-state index contributed by atoms with van der Waals surface area (Å²) in [5, 5.41) is 0. The highest BCUT2D eigenvalue weighted by Crippen LogP contribution is 2.41. The van der Waals surface area contributed by atoms with Crippen molar-refractivity contribution in [2.75, 3.05) is 6.54 Å². The Morgan fingerprint density at radius 2 is 1.75 bits per heavy atom. The van der Waals surface area contributed by atoms with Gasteiger partial charge in [0.1, 0.15) is 0 Å². The van der Waals surface area contributed by atoms with E-state index in [-0.39, 0.29) is 5.60 Å². The van der Waals surface area contributed by atoms with Crippen LogP contribution < -0.4 is 5.73 Å². The van der Waals surface area contributed by atoms with Crippen LogP contribution in [-0.4, -0.2) is 18.2 Å². The van der Waals surface area contributed by atoms with Gasteiger partial charge in [0.05, 0.1) is 11.7 Å². The number of hydrogen-bond donors (Lipinski definition) is 1. The maximum Gasteiger partial charge on any atom is 0.0808 e. The molecule has 2 fully saturated rings. The first-order chi connectivity index (χ1) is 9.60. The molecular weight excluding hydrogens is 246 g/mol. The fourth-order valence-corrected chi connectivity index (χ4v) is 4.32. The van der Waals surface area contributed by atoms with E-state index < -0.39 is 0 Å². The van der Waals surface area contributed by atoms with Gasteiger partial charge < -0.3 is 10.5 Å². The van der Waals surface area contributed by atoms with Gasteiger partial charge in [-0.15, -0.1) is 0 Å². The van der Waals surface area contributed by atoms with Crippen LogP contribution in [0.3, 0.4) is 0 Å². The molecule has 2 aliphatic carbocycles. The molecule has 0 aromatic carbocycles. The van der Waals surface area contributed by atoms with Gasteiger partial charge in [0, 0.05) is 6.54 Å². The summed E-state index contributed by atoms with van der Waals surface area (Å²) in [6, 6.07) is 0. The third kappa shape index (κ3) is 3.76. The van der Waals surface area contributed by atoms with Crippen molar-refractivity contribution in [2.24, 2.45) is 23.5 Å². The van der Waals surface area contributed by atoms with Crippen molar-refractivity contribution >= 4 is 0 Å². The number of rotatable bonds is 5. The summed E-state index contributed by atoms with van der Waals surface area (Å²) in [7, 11) is 0. The van der Waals surface area contributed by atoms with Crippen molar-refractivity contribution in [3.05, 3.63) is 0 Å². The molecule has 2 atom stereocenters.